The van der Waals surface area contributed by atoms with Crippen LogP contribution in [0.4, 0.5) is 10.1 Å². The van der Waals surface area contributed by atoms with E-state index in [0.29, 0.717) is 18.5 Å². The molecule has 0 aliphatic carbocycles. The third-order valence-corrected chi connectivity index (χ3v) is 6.75. The number of carbonyl (C=O) groups excluding carboxylic acids is 2. The number of unbranched alkanes of at least 4 members (excludes halogenated alkanes) is 1. The van der Waals surface area contributed by atoms with E-state index in [-0.39, 0.29) is 24.1 Å². The molecule has 2 aromatic carbocycles. The molecule has 0 saturated carbocycles. The van der Waals surface area contributed by atoms with Crippen LogP contribution in [0.25, 0.3) is 0 Å². The van der Waals surface area contributed by atoms with Crippen molar-refractivity contribution in [3.8, 4) is 0 Å². The maximum atomic E-state index is 13.4. The van der Waals surface area contributed by atoms with Crippen LogP contribution >= 0.6 is 0 Å². The Balaban J connectivity index is 2.09. The number of sulfonamides is 1. The predicted molar refractivity (Wildman–Crippen MR) is 133 cm³/mol. The lowest BCUT2D eigenvalue weighted by Gasteiger charge is -2.31. The quantitative estimate of drug-likeness (QED) is 0.345. The zero-order valence-corrected chi connectivity index (χ0v) is 21.1. The van der Waals surface area contributed by atoms with Crippen molar-refractivity contribution >= 4 is 27.5 Å². The predicted octanol–water partition coefficient (Wildman–Crippen LogP) is 4.70. The number of hydrogen-bond acceptors (Lipinski definition) is 4. The lowest BCUT2D eigenvalue weighted by Crippen LogP contribution is -2.48. The topological polar surface area (TPSA) is 83.5 Å². The molecule has 0 aliphatic heterocycles. The molecule has 0 radical (unpaired) electrons. The first kappa shape index (κ1) is 27.5. The van der Waals surface area contributed by atoms with Gasteiger partial charge in [-0.15, -0.1) is 0 Å². The third kappa shape index (κ3) is 8.56. The number of aryl methyl sites for hydroxylation is 1. The number of amides is 2. The van der Waals surface area contributed by atoms with Gasteiger partial charge >= 0.3 is 0 Å². The fourth-order valence-corrected chi connectivity index (χ4v) is 4.92. The minimum Gasteiger partial charge on any atom is -0.309 e. The van der Waals surface area contributed by atoms with Crippen molar-refractivity contribution in [3.63, 3.8) is 0 Å². The maximum Gasteiger partial charge on any atom is 0.246 e. The Bertz CT molecular complexity index is 1040. The van der Waals surface area contributed by atoms with Crippen molar-refractivity contribution in [2.75, 3.05) is 10.7 Å². The van der Waals surface area contributed by atoms with E-state index in [1.165, 1.54) is 29.2 Å². The molecule has 8 heteroatoms. The number of rotatable bonds is 12. The van der Waals surface area contributed by atoms with Gasteiger partial charge in [-0.05, 0) is 75.3 Å². The number of halogens is 1. The van der Waals surface area contributed by atoms with Crippen LogP contribution in [-0.2, 0) is 26.0 Å². The van der Waals surface area contributed by atoms with Crippen LogP contribution in [0.3, 0.4) is 0 Å². The van der Waals surface area contributed by atoms with E-state index in [1.807, 2.05) is 44.2 Å². The molecule has 0 heterocycles. The molecule has 2 amide bonds. The summed E-state index contributed by atoms with van der Waals surface area (Å²) in [6, 6.07) is 14.9. The normalized spacial score (nSPS) is 12.6. The molecule has 34 heavy (non-hydrogen) atoms. The SMILES string of the molecule is CC(C)CC(C(=O)NS(=O)(=O)CCCCc1ccccc1)C(=O)N(c1ccc(F)cc1)C(C)C. The van der Waals surface area contributed by atoms with Gasteiger partial charge in [0, 0.05) is 11.7 Å². The fourth-order valence-electron chi connectivity index (χ4n) is 3.78. The molecule has 1 unspecified atom stereocenters. The van der Waals surface area contributed by atoms with Gasteiger partial charge in [0.1, 0.15) is 11.7 Å². The highest BCUT2D eigenvalue weighted by atomic mass is 32.2. The average molecular weight is 491 g/mol. The number of benzene rings is 2. The smallest absolute Gasteiger partial charge is 0.246 e. The summed E-state index contributed by atoms with van der Waals surface area (Å²) in [7, 11) is -3.89. The Morgan fingerprint density at radius 2 is 1.56 bits per heavy atom. The molecular weight excluding hydrogens is 455 g/mol. The molecule has 6 nitrogen and oxygen atoms in total. The second kappa shape index (κ2) is 12.6. The van der Waals surface area contributed by atoms with Crippen LogP contribution in [-0.4, -0.2) is 32.0 Å². The molecule has 0 aromatic heterocycles. The lowest BCUT2D eigenvalue weighted by atomic mass is 9.94. The summed E-state index contributed by atoms with van der Waals surface area (Å²) in [4.78, 5) is 27.8. The second-order valence-electron chi connectivity index (χ2n) is 9.19. The zero-order chi connectivity index (χ0) is 25.3. The molecule has 1 atom stereocenters. The summed E-state index contributed by atoms with van der Waals surface area (Å²) >= 11 is 0. The molecule has 0 spiro atoms. The van der Waals surface area contributed by atoms with Gasteiger partial charge in [0.2, 0.25) is 21.8 Å². The molecule has 1 N–H and O–H groups in total. The largest absolute Gasteiger partial charge is 0.309 e. The minimum absolute atomic E-state index is 0.0180. The molecule has 2 aromatic rings. The van der Waals surface area contributed by atoms with E-state index >= 15 is 0 Å². The first-order valence-corrected chi connectivity index (χ1v) is 13.3. The van der Waals surface area contributed by atoms with Crippen molar-refractivity contribution in [2.45, 2.75) is 59.4 Å². The van der Waals surface area contributed by atoms with Gasteiger partial charge in [-0.2, -0.15) is 0 Å². The molecular formula is C26H35FN2O4S. The van der Waals surface area contributed by atoms with E-state index in [4.69, 9.17) is 0 Å². The minimum atomic E-state index is -3.89. The maximum absolute atomic E-state index is 13.4. The summed E-state index contributed by atoms with van der Waals surface area (Å²) in [5.41, 5.74) is 1.58. The van der Waals surface area contributed by atoms with Crippen molar-refractivity contribution < 1.29 is 22.4 Å². The van der Waals surface area contributed by atoms with Gasteiger partial charge in [-0.1, -0.05) is 44.2 Å². The van der Waals surface area contributed by atoms with Crippen LogP contribution in [0.2, 0.25) is 0 Å². The van der Waals surface area contributed by atoms with E-state index in [1.54, 1.807) is 13.8 Å². The molecule has 2 rings (SSSR count). The average Bonchev–Trinajstić information content (AvgIpc) is 2.76. The number of anilines is 1. The van der Waals surface area contributed by atoms with Gasteiger partial charge in [0.25, 0.3) is 0 Å². The number of nitrogens with zero attached hydrogens (tertiary/aromatic N) is 1. The van der Waals surface area contributed by atoms with Gasteiger partial charge in [-0.3, -0.25) is 14.3 Å². The Morgan fingerprint density at radius 3 is 2.12 bits per heavy atom. The Kier molecular flexibility index (Phi) is 10.2. The van der Waals surface area contributed by atoms with Gasteiger partial charge < -0.3 is 4.90 Å². The van der Waals surface area contributed by atoms with Crippen LogP contribution in [0.15, 0.2) is 54.6 Å². The molecule has 0 fully saturated rings. The summed E-state index contributed by atoms with van der Waals surface area (Å²) in [6.07, 6.45) is 2.01. The lowest BCUT2D eigenvalue weighted by molar-refractivity contribution is -0.133. The zero-order valence-electron chi connectivity index (χ0n) is 20.3. The van der Waals surface area contributed by atoms with Gasteiger partial charge in [0.15, 0.2) is 0 Å². The number of hydrogen-bond donors (Lipinski definition) is 1. The first-order chi connectivity index (χ1) is 16.0. The summed E-state index contributed by atoms with van der Waals surface area (Å²) < 4.78 is 40.7. The highest BCUT2D eigenvalue weighted by molar-refractivity contribution is 7.90. The van der Waals surface area contributed by atoms with Gasteiger partial charge in [-0.25, -0.2) is 12.8 Å². The Morgan fingerprint density at radius 1 is 0.941 bits per heavy atom. The number of nitrogens with one attached hydrogen (secondary N) is 1. The summed E-state index contributed by atoms with van der Waals surface area (Å²) in [5.74, 6) is -3.15. The summed E-state index contributed by atoms with van der Waals surface area (Å²) in [6.45, 7) is 7.30. The summed E-state index contributed by atoms with van der Waals surface area (Å²) in [5, 5.41) is 0. The van der Waals surface area contributed by atoms with Crippen molar-refractivity contribution in [2.24, 2.45) is 11.8 Å². The highest BCUT2D eigenvalue weighted by Gasteiger charge is 2.35. The number of carbonyl (C=O) groups is 2. The second-order valence-corrected chi connectivity index (χ2v) is 11.0. The Labute approximate surface area is 202 Å². The molecule has 0 aliphatic rings. The molecule has 0 saturated heterocycles. The van der Waals surface area contributed by atoms with E-state index < -0.39 is 33.6 Å². The standard InChI is InChI=1S/C26H35FN2O4S/c1-19(2)18-24(26(31)29(20(3)4)23-15-13-22(27)14-16-23)25(30)28-34(32,33)17-9-8-12-21-10-6-5-7-11-21/h5-7,10-11,13-16,19-20,24H,8-9,12,17-18H2,1-4H3,(H,28,30). The van der Waals surface area contributed by atoms with Crippen LogP contribution in [0.5, 0.6) is 0 Å². The Hall–Kier alpha value is -2.74. The van der Waals surface area contributed by atoms with Crippen molar-refractivity contribution in [1.29, 1.82) is 0 Å². The van der Waals surface area contributed by atoms with Crippen LogP contribution < -0.4 is 9.62 Å². The molecule has 0 bridgehead atoms. The van der Waals surface area contributed by atoms with E-state index in [2.05, 4.69) is 4.72 Å². The third-order valence-electron chi connectivity index (χ3n) is 5.41. The highest BCUT2D eigenvalue weighted by Crippen LogP contribution is 2.24. The fraction of sp³-hybridized carbons (Fsp3) is 0.462. The van der Waals surface area contributed by atoms with Gasteiger partial charge in [0.05, 0.1) is 5.75 Å². The van der Waals surface area contributed by atoms with Crippen molar-refractivity contribution in [1.82, 2.24) is 4.72 Å². The monoisotopic (exact) mass is 490 g/mol. The molecule has 186 valence electrons. The van der Waals surface area contributed by atoms with E-state index in [0.717, 1.165) is 12.0 Å². The van der Waals surface area contributed by atoms with Crippen LogP contribution in [0, 0.1) is 17.7 Å². The van der Waals surface area contributed by atoms with Crippen molar-refractivity contribution in [3.05, 3.63) is 66.0 Å². The van der Waals surface area contributed by atoms with E-state index in [9.17, 15) is 22.4 Å². The van der Waals surface area contributed by atoms with Crippen LogP contribution in [0.1, 0.15) is 52.5 Å². The first-order valence-electron chi connectivity index (χ1n) is 11.7.